The molecule has 40 heteroatoms. The van der Waals surface area contributed by atoms with Crippen molar-refractivity contribution in [3.8, 4) is 5.75 Å². The number of nitrogens with zero attached hydrogens (tertiary/aromatic N) is 4. The second-order valence-corrected chi connectivity index (χ2v) is 32.8. The SMILES string of the molecule is CC(C)C[C@H](NC(=O)[C@@H](NC(=O)[C@H](Cc1c[nH]c2ccccc12)NC(=O)[C@@H]1CCCN1C(=O)[C@H](CCCCN)NC(=O)[C@H](CCCN=C(N)N)N(C)C(=O)[C@@H]1CCCN1C(=O)[C@H](CCCCN)NC(=O)[C@H](CC(N)=O)NC(=O)[C@H](CCC(=O)O)NC(=O)[C@H](Cc1ccc(O)cc1)NC(=O)[C@H](CC(C)C)NC(=O)[C@@H](N)CCC(=O)O)C(C)(C)C)C(=O)O. The first-order valence-corrected chi connectivity index (χ1v) is 41.1. The Morgan fingerprint density at radius 3 is 1.59 bits per heavy atom. The van der Waals surface area contributed by atoms with Gasteiger partial charge in [0.05, 0.1) is 12.5 Å². The highest BCUT2D eigenvalue weighted by molar-refractivity contribution is 6.01. The number of likely N-dealkylation sites (tertiary alicyclic amines) is 2. The van der Waals surface area contributed by atoms with E-state index in [4.69, 9.17) is 34.4 Å². The number of phenolic OH excluding ortho intramolecular Hbond substituents is 1. The van der Waals surface area contributed by atoms with Crippen LogP contribution in [0.4, 0.5) is 0 Å². The van der Waals surface area contributed by atoms with E-state index in [2.05, 4.69) is 57.8 Å². The summed E-state index contributed by atoms with van der Waals surface area (Å²) in [6, 6.07) is -6.23. The summed E-state index contributed by atoms with van der Waals surface area (Å²) in [5.41, 5.74) is 35.5. The van der Waals surface area contributed by atoms with Crippen LogP contribution in [0.5, 0.6) is 5.75 Å². The van der Waals surface area contributed by atoms with E-state index in [1.54, 1.807) is 60.7 Å². The van der Waals surface area contributed by atoms with Gasteiger partial charge in [-0.15, -0.1) is 0 Å². The first kappa shape index (κ1) is 100. The van der Waals surface area contributed by atoms with E-state index in [1.165, 1.54) is 41.1 Å². The highest BCUT2D eigenvalue weighted by Gasteiger charge is 2.46. The normalized spacial score (nSPS) is 16.7. The van der Waals surface area contributed by atoms with Crippen LogP contribution in [-0.2, 0) is 89.6 Å². The van der Waals surface area contributed by atoms with Crippen molar-refractivity contribution in [2.24, 2.45) is 56.6 Å². The second-order valence-electron chi connectivity index (χ2n) is 32.8. The molecule has 3 aromatic rings. The molecule has 2 saturated heterocycles. The van der Waals surface area contributed by atoms with E-state index in [0.29, 0.717) is 36.8 Å². The summed E-state index contributed by atoms with van der Waals surface area (Å²) in [4.78, 5) is 235. The largest absolute Gasteiger partial charge is 0.508 e. The molecule has 0 spiro atoms. The molecule has 0 bridgehead atoms. The lowest BCUT2D eigenvalue weighted by Crippen LogP contribution is -2.61. The number of rotatable bonds is 51. The number of carboxylic acids is 3. The van der Waals surface area contributed by atoms with Gasteiger partial charge in [0.25, 0.3) is 0 Å². The van der Waals surface area contributed by atoms with Gasteiger partial charge in [0.2, 0.25) is 76.8 Å². The number of carboxylic acid groups (broad SMARTS) is 3. The van der Waals surface area contributed by atoms with Crippen LogP contribution >= 0.6 is 0 Å². The number of para-hydroxylation sites is 1. The number of amides is 13. The Balaban J connectivity index is 1.43. The molecule has 1 aromatic heterocycles. The Morgan fingerprint density at radius 2 is 1.02 bits per heavy atom. The number of guanidine groups is 1. The van der Waals surface area contributed by atoms with E-state index in [0.717, 1.165) is 15.8 Å². The number of nitrogens with two attached hydrogens (primary N) is 6. The average Bonchev–Trinajstić information content (AvgIpc) is 1.73. The van der Waals surface area contributed by atoms with E-state index < -0.39 is 204 Å². The number of fused-ring (bicyclic) bond motifs is 1. The zero-order valence-corrected chi connectivity index (χ0v) is 70.3. The van der Waals surface area contributed by atoms with E-state index in [1.807, 2.05) is 18.2 Å². The number of benzene rings is 2. The number of hydrogen-bond acceptors (Lipinski definition) is 21. The van der Waals surface area contributed by atoms with Crippen molar-refractivity contribution in [1.82, 2.24) is 67.5 Å². The fourth-order valence-electron chi connectivity index (χ4n) is 14.5. The molecule has 26 N–H and O–H groups in total. The van der Waals surface area contributed by atoms with Crippen molar-refractivity contribution >= 4 is 112 Å². The summed E-state index contributed by atoms with van der Waals surface area (Å²) in [7, 11) is 1.33. The van der Waals surface area contributed by atoms with Crippen LogP contribution in [0.3, 0.4) is 0 Å². The number of carbonyl (C=O) groups excluding carboxylic acids is 13. The Labute approximate surface area is 703 Å². The number of nitrogens with one attached hydrogen (secondary N) is 10. The van der Waals surface area contributed by atoms with Crippen LogP contribution in [0.2, 0.25) is 0 Å². The molecule has 670 valence electrons. The van der Waals surface area contributed by atoms with Gasteiger partial charge in [-0.2, -0.15) is 0 Å². The molecule has 0 radical (unpaired) electrons. The number of aromatic nitrogens is 1. The lowest BCUT2D eigenvalue weighted by Gasteiger charge is -2.35. The number of aliphatic carboxylic acids is 3. The van der Waals surface area contributed by atoms with Crippen molar-refractivity contribution in [2.45, 2.75) is 262 Å². The minimum Gasteiger partial charge on any atom is -0.508 e. The second kappa shape index (κ2) is 48.6. The number of primary amides is 1. The molecule has 0 unspecified atom stereocenters. The molecular weight excluding hydrogens is 1570 g/mol. The Bertz CT molecular complexity index is 4110. The Hall–Kier alpha value is -11.6. The molecular formula is C81H126N20O20. The summed E-state index contributed by atoms with van der Waals surface area (Å²) in [6.07, 6.45) is -0.130. The van der Waals surface area contributed by atoms with Gasteiger partial charge in [0, 0.05) is 69.5 Å². The number of unbranched alkanes of at least 4 members (excludes halogenated alkanes) is 2. The number of aromatic hydroxyl groups is 1. The Morgan fingerprint density at radius 1 is 0.537 bits per heavy atom. The number of carbonyl (C=O) groups is 16. The van der Waals surface area contributed by atoms with Gasteiger partial charge < -0.3 is 122 Å². The van der Waals surface area contributed by atoms with Gasteiger partial charge in [0.15, 0.2) is 5.96 Å². The predicted octanol–water partition coefficient (Wildman–Crippen LogP) is -1.70. The average molecular weight is 1700 g/mol. The molecule has 2 aliphatic heterocycles. The number of likely N-dealkylation sites (N-methyl/N-ethyl adjacent to an activating group) is 1. The zero-order valence-electron chi connectivity index (χ0n) is 70.3. The number of H-pyrrole nitrogens is 1. The van der Waals surface area contributed by atoms with Gasteiger partial charge in [0.1, 0.15) is 78.3 Å². The van der Waals surface area contributed by atoms with E-state index in [9.17, 15) is 78.0 Å². The van der Waals surface area contributed by atoms with Crippen molar-refractivity contribution in [2.75, 3.05) is 39.8 Å². The summed E-state index contributed by atoms with van der Waals surface area (Å²) in [6.45, 7) is 12.4. The van der Waals surface area contributed by atoms with Crippen molar-refractivity contribution in [3.63, 3.8) is 0 Å². The number of phenols is 1. The van der Waals surface area contributed by atoms with Crippen molar-refractivity contribution < 1.29 is 97.1 Å². The molecule has 2 aliphatic rings. The maximum absolute atomic E-state index is 15.3. The van der Waals surface area contributed by atoms with Crippen LogP contribution in [0.15, 0.2) is 59.7 Å². The molecule has 0 aliphatic carbocycles. The van der Waals surface area contributed by atoms with Gasteiger partial charge in [-0.25, -0.2) is 4.79 Å². The van der Waals surface area contributed by atoms with Crippen molar-refractivity contribution in [3.05, 3.63) is 65.9 Å². The number of hydrogen-bond donors (Lipinski definition) is 20. The minimum absolute atomic E-state index is 0.00659. The molecule has 2 aromatic carbocycles. The third kappa shape index (κ3) is 32.2. The minimum atomic E-state index is -1.94. The summed E-state index contributed by atoms with van der Waals surface area (Å²) in [5.74, 6) is -16.6. The molecule has 121 heavy (non-hydrogen) atoms. The third-order valence-corrected chi connectivity index (χ3v) is 21.0. The topological polar surface area (TPSA) is 656 Å². The van der Waals surface area contributed by atoms with Crippen LogP contribution in [0, 0.1) is 17.3 Å². The van der Waals surface area contributed by atoms with Gasteiger partial charge in [-0.05, 0) is 162 Å². The van der Waals surface area contributed by atoms with Crippen LogP contribution < -0.4 is 82.3 Å². The predicted molar refractivity (Wildman–Crippen MR) is 444 cm³/mol. The maximum Gasteiger partial charge on any atom is 0.326 e. The third-order valence-electron chi connectivity index (χ3n) is 21.0. The zero-order chi connectivity index (χ0) is 90.1. The van der Waals surface area contributed by atoms with Crippen LogP contribution in [-0.4, -0.2) is 259 Å². The van der Waals surface area contributed by atoms with E-state index in [-0.39, 0.29) is 140 Å². The molecule has 5 rings (SSSR count). The van der Waals surface area contributed by atoms with Gasteiger partial charge in [-0.1, -0.05) is 78.8 Å². The Kier molecular flexibility index (Phi) is 40.2. The monoisotopic (exact) mass is 1700 g/mol. The summed E-state index contributed by atoms with van der Waals surface area (Å²) in [5, 5.41) is 63.4. The number of aromatic amines is 1. The van der Waals surface area contributed by atoms with E-state index >= 15 is 19.2 Å². The molecule has 2 fully saturated rings. The highest BCUT2D eigenvalue weighted by Crippen LogP contribution is 2.28. The molecule has 40 nitrogen and oxygen atoms in total. The lowest BCUT2D eigenvalue weighted by atomic mass is 9.85. The maximum atomic E-state index is 15.3. The molecule has 0 saturated carbocycles. The van der Waals surface area contributed by atoms with Gasteiger partial charge in [-0.3, -0.25) is 76.9 Å². The molecule has 13 atom stereocenters. The molecule has 13 amide bonds. The van der Waals surface area contributed by atoms with Crippen LogP contribution in [0.1, 0.15) is 182 Å². The first-order valence-electron chi connectivity index (χ1n) is 41.1. The summed E-state index contributed by atoms with van der Waals surface area (Å²) < 4.78 is 0. The standard InChI is InChI=1S/C81H126N20O20/c1-44(2)38-55(93-67(108)50(84)29-31-64(104)105)69(110)94-56(40-46-25-27-48(102)28-26-46)70(111)90-52(30-32-65(106)107)68(109)95-58(42-63(85)103)71(112)91-53(20-11-13-33-82)77(118)101-37-17-24-62(101)78(119)99(8)60(22-15-35-88-80(86)87)73(114)92-54(21-12-14-34-83)76(117)100-36-16-23-61(100)74(115)96-57(41-47-43-89-51-19-10-9-18-49(47)51)72(113)98-66(81(5,6)7)75(116)97-59(79(120)121)39-45(3)4/h9-10,18-19,25-28,43-45,50,52-62,66,89,102H,11-17,20-24,29-42,82-84H2,1-8H3,(H2,85,103)(H,90,111)(H,91,112)(H,92,114)(H,93,108)(H,94,110)(H,95,109)(H,96,115)(H,97,116)(H,98,113)(H,104,105)(H,106,107)(H,120,121)(H4,86,87,88)/t50-,52-,53-,54-,55-,56-,57-,58-,59-,60-,61-,62-,66+/m0/s1. The first-order chi connectivity index (χ1) is 57.0. The lowest BCUT2D eigenvalue weighted by molar-refractivity contribution is -0.149. The fourth-order valence-corrected chi connectivity index (χ4v) is 14.5. The molecule has 3 heterocycles. The summed E-state index contributed by atoms with van der Waals surface area (Å²) >= 11 is 0. The van der Waals surface area contributed by atoms with Crippen LogP contribution in [0.25, 0.3) is 10.9 Å². The van der Waals surface area contributed by atoms with Crippen molar-refractivity contribution in [1.29, 1.82) is 0 Å². The number of aliphatic imine (C=N–C) groups is 1. The van der Waals surface area contributed by atoms with Gasteiger partial charge >= 0.3 is 17.9 Å². The smallest absolute Gasteiger partial charge is 0.326 e. The quantitative estimate of drug-likeness (QED) is 0.0170. The highest BCUT2D eigenvalue weighted by atomic mass is 16.4. The fraction of sp³-hybridized carbons (Fsp3) is 0.617.